The van der Waals surface area contributed by atoms with Crippen molar-refractivity contribution in [2.75, 3.05) is 0 Å². The first-order valence-corrected chi connectivity index (χ1v) is 5.61. The molecule has 0 saturated carbocycles. The van der Waals surface area contributed by atoms with Crippen molar-refractivity contribution < 1.29 is 13.2 Å². The van der Waals surface area contributed by atoms with Crippen LogP contribution in [-0.4, -0.2) is 0 Å². The lowest BCUT2D eigenvalue weighted by Crippen LogP contribution is -1.95. The van der Waals surface area contributed by atoms with Crippen molar-refractivity contribution in [1.29, 1.82) is 0 Å². The third kappa shape index (κ3) is 2.22. The summed E-state index contributed by atoms with van der Waals surface area (Å²) in [5.74, 6) is -2.28. The fraction of sp³-hybridized carbons (Fsp3) is 0.0769. The largest absolute Gasteiger partial charge is 0.206 e. The third-order valence-electron chi connectivity index (χ3n) is 2.33. The Morgan fingerprint density at radius 3 is 2.12 bits per heavy atom. The van der Waals surface area contributed by atoms with Crippen LogP contribution in [0.5, 0.6) is 0 Å². The summed E-state index contributed by atoms with van der Waals surface area (Å²) < 4.78 is 41.2. The second-order valence-electron chi connectivity index (χ2n) is 3.62. The summed E-state index contributed by atoms with van der Waals surface area (Å²) in [5.41, 5.74) is -0.0838. The Bertz CT molecular complexity index is 536. The van der Waals surface area contributed by atoms with E-state index in [9.17, 15) is 13.2 Å². The second kappa shape index (κ2) is 4.53. The van der Waals surface area contributed by atoms with Crippen molar-refractivity contribution in [3.63, 3.8) is 0 Å². The minimum atomic E-state index is -0.790. The first kappa shape index (κ1) is 12.2. The summed E-state index contributed by atoms with van der Waals surface area (Å²) in [4.78, 5) is 0. The van der Waals surface area contributed by atoms with Crippen LogP contribution in [0.4, 0.5) is 13.2 Å². The maximum absolute atomic E-state index is 13.7. The number of aryl methyl sites for hydroxylation is 1. The molecule has 2 rings (SSSR count). The van der Waals surface area contributed by atoms with Gasteiger partial charge in [0.25, 0.3) is 0 Å². The van der Waals surface area contributed by atoms with Crippen LogP contribution in [0.25, 0.3) is 11.1 Å². The first-order chi connectivity index (χ1) is 8.00. The van der Waals surface area contributed by atoms with Crippen LogP contribution >= 0.6 is 15.9 Å². The van der Waals surface area contributed by atoms with Gasteiger partial charge in [0.1, 0.15) is 17.5 Å². The van der Waals surface area contributed by atoms with E-state index in [4.69, 9.17) is 0 Å². The van der Waals surface area contributed by atoms with Crippen molar-refractivity contribution in [3.8, 4) is 11.1 Å². The van der Waals surface area contributed by atoms with Crippen molar-refractivity contribution >= 4 is 15.9 Å². The minimum absolute atomic E-state index is 0.150. The van der Waals surface area contributed by atoms with E-state index in [0.29, 0.717) is 5.56 Å². The van der Waals surface area contributed by atoms with Gasteiger partial charge >= 0.3 is 0 Å². The summed E-state index contributed by atoms with van der Waals surface area (Å²) in [6.45, 7) is 1.57. The zero-order chi connectivity index (χ0) is 12.6. The molecule has 17 heavy (non-hydrogen) atoms. The average Bonchev–Trinajstić information content (AvgIpc) is 2.21. The second-order valence-corrected chi connectivity index (χ2v) is 4.41. The Labute approximate surface area is 105 Å². The molecule has 0 fully saturated rings. The predicted octanol–water partition coefficient (Wildman–Crippen LogP) is 4.64. The van der Waals surface area contributed by atoms with Crippen LogP contribution < -0.4 is 0 Å². The lowest BCUT2D eigenvalue weighted by Gasteiger charge is -2.09. The summed E-state index contributed by atoms with van der Waals surface area (Å²) in [7, 11) is 0. The summed E-state index contributed by atoms with van der Waals surface area (Å²) in [5, 5.41) is 0. The van der Waals surface area contributed by atoms with Crippen LogP contribution in [0.3, 0.4) is 0 Å². The third-order valence-corrected chi connectivity index (χ3v) is 2.96. The minimum Gasteiger partial charge on any atom is -0.206 e. The molecule has 2 aromatic rings. The molecule has 0 spiro atoms. The van der Waals surface area contributed by atoms with Crippen molar-refractivity contribution in [1.82, 2.24) is 0 Å². The molecular formula is C13H7BrF3. The smallest absolute Gasteiger partial charge is 0.134 e. The standard InChI is InChI=1S/C13H7BrF3/c1-7-5-10(16)13(11(17)6-7)12-8(14)3-2-4-9(12)15/h2,4-6H,1H3. The number of hydrogen-bond donors (Lipinski definition) is 0. The van der Waals surface area contributed by atoms with Crippen LogP contribution in [0.1, 0.15) is 5.56 Å². The van der Waals surface area contributed by atoms with Crippen LogP contribution in [0.15, 0.2) is 28.7 Å². The lowest BCUT2D eigenvalue weighted by molar-refractivity contribution is 0.580. The number of rotatable bonds is 1. The number of benzene rings is 2. The summed E-state index contributed by atoms with van der Waals surface area (Å²) in [6.07, 6.45) is 0. The van der Waals surface area contributed by atoms with E-state index in [2.05, 4.69) is 22.0 Å². The molecule has 0 aliphatic rings. The molecule has 0 aliphatic carbocycles. The molecule has 4 heteroatoms. The molecular weight excluding hydrogens is 293 g/mol. The van der Waals surface area contributed by atoms with Crippen molar-refractivity contribution in [3.05, 3.63) is 57.8 Å². The van der Waals surface area contributed by atoms with Crippen LogP contribution in [0, 0.1) is 30.4 Å². The summed E-state index contributed by atoms with van der Waals surface area (Å²) >= 11 is 3.04. The molecule has 1 radical (unpaired) electrons. The topological polar surface area (TPSA) is 0 Å². The molecule has 0 amide bonds. The van der Waals surface area contributed by atoms with Gasteiger partial charge in [0, 0.05) is 10.0 Å². The van der Waals surface area contributed by atoms with E-state index < -0.39 is 17.5 Å². The van der Waals surface area contributed by atoms with Crippen LogP contribution in [0.2, 0.25) is 0 Å². The van der Waals surface area contributed by atoms with E-state index in [-0.39, 0.29) is 15.6 Å². The molecule has 2 aromatic carbocycles. The fourth-order valence-electron chi connectivity index (χ4n) is 1.62. The highest BCUT2D eigenvalue weighted by atomic mass is 79.9. The van der Waals surface area contributed by atoms with Gasteiger partial charge in [0.15, 0.2) is 0 Å². The van der Waals surface area contributed by atoms with E-state index in [1.54, 1.807) is 6.92 Å². The van der Waals surface area contributed by atoms with E-state index in [1.807, 2.05) is 0 Å². The van der Waals surface area contributed by atoms with E-state index >= 15 is 0 Å². The monoisotopic (exact) mass is 299 g/mol. The highest BCUT2D eigenvalue weighted by Crippen LogP contribution is 2.34. The Balaban J connectivity index is 2.77. The SMILES string of the molecule is Cc1cc(F)c(-c2c(Br)[c]ccc2F)c(F)c1. The molecule has 0 bridgehead atoms. The van der Waals surface area contributed by atoms with Crippen LogP contribution in [-0.2, 0) is 0 Å². The molecule has 0 unspecified atom stereocenters. The van der Waals surface area contributed by atoms with Crippen molar-refractivity contribution in [2.24, 2.45) is 0 Å². The molecule has 0 nitrogen and oxygen atoms in total. The molecule has 0 aromatic heterocycles. The Morgan fingerprint density at radius 1 is 1.00 bits per heavy atom. The molecule has 0 N–H and O–H groups in total. The highest BCUT2D eigenvalue weighted by Gasteiger charge is 2.18. The van der Waals surface area contributed by atoms with Gasteiger partial charge in [-0.1, -0.05) is 6.07 Å². The fourth-order valence-corrected chi connectivity index (χ4v) is 2.14. The molecule has 0 saturated heterocycles. The van der Waals surface area contributed by atoms with Gasteiger partial charge in [-0.3, -0.25) is 0 Å². The van der Waals surface area contributed by atoms with Gasteiger partial charge < -0.3 is 0 Å². The molecule has 0 heterocycles. The zero-order valence-electron chi connectivity index (χ0n) is 8.82. The van der Waals surface area contributed by atoms with E-state index in [1.165, 1.54) is 6.07 Å². The number of hydrogen-bond acceptors (Lipinski definition) is 0. The normalized spacial score (nSPS) is 10.6. The highest BCUT2D eigenvalue weighted by molar-refractivity contribution is 9.10. The predicted molar refractivity (Wildman–Crippen MR) is 63.0 cm³/mol. The van der Waals surface area contributed by atoms with E-state index in [0.717, 1.165) is 18.2 Å². The average molecular weight is 300 g/mol. The molecule has 0 aliphatic heterocycles. The first-order valence-electron chi connectivity index (χ1n) is 4.82. The van der Waals surface area contributed by atoms with Crippen molar-refractivity contribution in [2.45, 2.75) is 6.92 Å². The van der Waals surface area contributed by atoms with Gasteiger partial charge in [0.05, 0.1) is 5.56 Å². The van der Waals surface area contributed by atoms with Gasteiger partial charge in [-0.2, -0.15) is 0 Å². The van der Waals surface area contributed by atoms with Gasteiger partial charge in [-0.25, -0.2) is 13.2 Å². The van der Waals surface area contributed by atoms with Gasteiger partial charge in [-0.15, -0.1) is 0 Å². The number of halogens is 4. The zero-order valence-corrected chi connectivity index (χ0v) is 10.4. The lowest BCUT2D eigenvalue weighted by atomic mass is 10.0. The quantitative estimate of drug-likeness (QED) is 0.719. The summed E-state index contributed by atoms with van der Waals surface area (Å²) in [6, 6.07) is 7.43. The van der Waals surface area contributed by atoms with Gasteiger partial charge in [0.2, 0.25) is 0 Å². The Morgan fingerprint density at radius 2 is 1.59 bits per heavy atom. The Hall–Kier alpha value is -1.29. The molecule has 87 valence electrons. The van der Waals surface area contributed by atoms with Gasteiger partial charge in [-0.05, 0) is 52.7 Å². The maximum Gasteiger partial charge on any atom is 0.134 e. The maximum atomic E-state index is 13.7. The molecule has 0 atom stereocenters. The Kier molecular flexibility index (Phi) is 3.24.